The molecule has 0 radical (unpaired) electrons. The van der Waals surface area contributed by atoms with Crippen molar-refractivity contribution in [1.82, 2.24) is 24.6 Å². The van der Waals surface area contributed by atoms with Gasteiger partial charge in [0.1, 0.15) is 17.3 Å². The molecule has 2 fully saturated rings. The van der Waals surface area contributed by atoms with Crippen molar-refractivity contribution in [2.45, 2.75) is 57.0 Å². The molecule has 2 saturated heterocycles. The molecule has 1 amide bonds. The Morgan fingerprint density at radius 1 is 1.00 bits per heavy atom. The number of hydrogen-bond donors (Lipinski definition) is 3. The summed E-state index contributed by atoms with van der Waals surface area (Å²) in [6, 6.07) is 14.0. The Labute approximate surface area is 300 Å². The third-order valence-corrected chi connectivity index (χ3v) is 10.6. The number of aromatic nitrogens is 3. The third kappa shape index (κ3) is 7.16. The summed E-state index contributed by atoms with van der Waals surface area (Å²) in [6.45, 7) is 4.06. The number of carbonyl (C=O) groups excluding carboxylic acids is 1. The molecular formula is C37H39Cl2FN6O4. The number of nitrogens with one attached hydrogen (secondary N) is 1. The molecule has 2 aromatic carbocycles. The second-order valence-corrected chi connectivity index (χ2v) is 13.9. The van der Waals surface area contributed by atoms with Crippen molar-refractivity contribution < 1.29 is 24.1 Å². The molecule has 4 aromatic rings. The van der Waals surface area contributed by atoms with Gasteiger partial charge in [0.15, 0.2) is 5.69 Å². The molecule has 3 N–H and O–H groups in total. The van der Waals surface area contributed by atoms with Crippen LogP contribution in [0.2, 0.25) is 10.0 Å². The maximum atomic E-state index is 15.6. The summed E-state index contributed by atoms with van der Waals surface area (Å²) in [7, 11) is 1.53. The number of hydrogen-bond acceptors (Lipinski definition) is 8. The predicted molar refractivity (Wildman–Crippen MR) is 192 cm³/mol. The Hall–Kier alpha value is -3.84. The first kappa shape index (κ1) is 34.6. The number of rotatable bonds is 9. The predicted octanol–water partition coefficient (Wildman–Crippen LogP) is 6.45. The number of fused-ring (bicyclic) bond motifs is 1. The van der Waals surface area contributed by atoms with Gasteiger partial charge in [-0.1, -0.05) is 53.5 Å². The summed E-state index contributed by atoms with van der Waals surface area (Å²) >= 11 is 13.7. The molecule has 0 unspecified atom stereocenters. The maximum absolute atomic E-state index is 15.6. The van der Waals surface area contributed by atoms with Gasteiger partial charge in [-0.2, -0.15) is 5.10 Å². The molecule has 3 atom stereocenters. The van der Waals surface area contributed by atoms with Gasteiger partial charge in [-0.3, -0.25) is 24.3 Å². The molecule has 0 saturated carbocycles. The minimum absolute atomic E-state index is 0.0987. The van der Waals surface area contributed by atoms with E-state index >= 15 is 4.39 Å². The van der Waals surface area contributed by atoms with Crippen LogP contribution in [-0.4, -0.2) is 86.2 Å². The van der Waals surface area contributed by atoms with Crippen LogP contribution in [0.3, 0.4) is 0 Å². The molecule has 0 bridgehead atoms. The molecule has 262 valence electrons. The van der Waals surface area contributed by atoms with Gasteiger partial charge in [0.05, 0.1) is 46.8 Å². The van der Waals surface area contributed by atoms with Crippen LogP contribution >= 0.6 is 23.2 Å². The highest BCUT2D eigenvalue weighted by molar-refractivity contribution is 6.39. The van der Waals surface area contributed by atoms with Crippen molar-refractivity contribution in [3.63, 3.8) is 0 Å². The van der Waals surface area contributed by atoms with Gasteiger partial charge in [-0.15, -0.1) is 0 Å². The fraction of sp³-hybridized carbons (Fsp3) is 0.378. The number of aryl methyl sites for hydroxylation is 1. The Balaban J connectivity index is 1.10. The normalized spacial score (nSPS) is 21.4. The zero-order valence-corrected chi connectivity index (χ0v) is 29.2. The van der Waals surface area contributed by atoms with E-state index in [1.807, 2.05) is 10.7 Å². The van der Waals surface area contributed by atoms with Crippen LogP contribution in [0.25, 0.3) is 23.0 Å². The van der Waals surface area contributed by atoms with E-state index in [1.165, 1.54) is 13.2 Å². The van der Waals surface area contributed by atoms with Crippen LogP contribution in [0, 0.1) is 0 Å². The molecule has 3 aliphatic rings. The number of pyridine rings is 1. The average Bonchev–Trinajstić information content (AvgIpc) is 3.86. The second kappa shape index (κ2) is 14.8. The number of nitrogens with zero attached hydrogens (tertiary/aromatic N) is 5. The first-order valence-corrected chi connectivity index (χ1v) is 17.6. The minimum atomic E-state index is -0.594. The Kier molecular flexibility index (Phi) is 10.2. The minimum Gasteiger partial charge on any atom is -0.496 e. The average molecular weight is 722 g/mol. The lowest BCUT2D eigenvalue weighted by molar-refractivity contribution is 0.102. The zero-order chi connectivity index (χ0) is 34.9. The van der Waals surface area contributed by atoms with Gasteiger partial charge in [0.25, 0.3) is 5.91 Å². The Bertz CT molecular complexity index is 1940. The standard InChI is InChI=1S/C37H39Cl2FN6O4/c1-50-34-17-30(41-18-23(34)19-44-13-10-24(47)20-44)28(40)15-22-5-2-6-26(35(22)38)27-7-3-8-29(36(27)39)42-37(49)31-16-33-32(9-4-12-46(33)43-31)45-14-11-25(48)21-45/h2-3,5-8,15-18,24-25,32,47-48H,4,9-14,19-21H2,1H3,(H,42,49)/b28-15-/t24-,25-,32+/m1/s1. The van der Waals surface area contributed by atoms with Gasteiger partial charge < -0.3 is 20.3 Å². The fourth-order valence-corrected chi connectivity index (χ4v) is 7.75. The lowest BCUT2D eigenvalue weighted by Crippen LogP contribution is -2.32. The molecule has 3 aliphatic heterocycles. The van der Waals surface area contributed by atoms with Crippen molar-refractivity contribution in [3.05, 3.63) is 93.0 Å². The van der Waals surface area contributed by atoms with E-state index in [2.05, 4.69) is 25.2 Å². The summed E-state index contributed by atoms with van der Waals surface area (Å²) in [5, 5.41) is 28.0. The van der Waals surface area contributed by atoms with E-state index < -0.39 is 5.83 Å². The number of aliphatic hydroxyl groups is 2. The van der Waals surface area contributed by atoms with E-state index in [9.17, 15) is 15.0 Å². The number of carbonyl (C=O) groups is 1. The van der Waals surface area contributed by atoms with Crippen molar-refractivity contribution in [2.75, 3.05) is 38.6 Å². The SMILES string of the molecule is COc1cc(/C(F)=C/c2cccc(-c3cccc(NC(=O)c4cc5n(n4)CCC[C@@H]5N4CC[C@@H](O)C4)c3Cl)c2Cl)ncc1CN1CC[C@@H](O)C1. The first-order chi connectivity index (χ1) is 24.2. The summed E-state index contributed by atoms with van der Waals surface area (Å²) in [5.41, 5.74) is 4.12. The number of anilines is 1. The number of halogens is 3. The maximum Gasteiger partial charge on any atom is 0.276 e. The smallest absolute Gasteiger partial charge is 0.276 e. The van der Waals surface area contributed by atoms with Gasteiger partial charge in [-0.25, -0.2) is 4.39 Å². The highest BCUT2D eigenvalue weighted by Gasteiger charge is 2.33. The highest BCUT2D eigenvalue weighted by atomic mass is 35.5. The van der Waals surface area contributed by atoms with Crippen LogP contribution in [-0.2, 0) is 13.1 Å². The fourth-order valence-electron chi connectivity index (χ4n) is 7.20. The van der Waals surface area contributed by atoms with E-state index in [0.717, 1.165) is 56.6 Å². The highest BCUT2D eigenvalue weighted by Crippen LogP contribution is 2.40. The monoisotopic (exact) mass is 720 g/mol. The van der Waals surface area contributed by atoms with Crippen LogP contribution in [0.1, 0.15) is 64.7 Å². The van der Waals surface area contributed by atoms with E-state index in [-0.39, 0.29) is 39.9 Å². The zero-order valence-electron chi connectivity index (χ0n) is 27.7. The van der Waals surface area contributed by atoms with Crippen molar-refractivity contribution in [1.29, 1.82) is 0 Å². The van der Waals surface area contributed by atoms with Crippen LogP contribution in [0.5, 0.6) is 5.75 Å². The van der Waals surface area contributed by atoms with Gasteiger partial charge in [0.2, 0.25) is 0 Å². The number of β-amino-alcohol motifs (C(OH)–C–C–N with tert-alkyl or cyclic N) is 2. The van der Waals surface area contributed by atoms with Crippen LogP contribution in [0.4, 0.5) is 10.1 Å². The lowest BCUT2D eigenvalue weighted by atomic mass is 10.0. The number of aliphatic hydroxyl groups excluding tert-OH is 2. The van der Waals surface area contributed by atoms with Gasteiger partial charge in [0, 0.05) is 68.2 Å². The number of amides is 1. The number of benzene rings is 2. The first-order valence-electron chi connectivity index (χ1n) is 16.9. The van der Waals surface area contributed by atoms with Gasteiger partial charge >= 0.3 is 0 Å². The quantitative estimate of drug-likeness (QED) is 0.181. The van der Waals surface area contributed by atoms with Crippen molar-refractivity contribution in [3.8, 4) is 16.9 Å². The molecule has 2 aromatic heterocycles. The largest absolute Gasteiger partial charge is 0.496 e. The summed E-state index contributed by atoms with van der Waals surface area (Å²) in [6.07, 6.45) is 5.61. The number of ether oxygens (including phenoxy) is 1. The summed E-state index contributed by atoms with van der Waals surface area (Å²) in [5.74, 6) is -0.473. The lowest BCUT2D eigenvalue weighted by Gasteiger charge is -2.31. The molecule has 0 aliphatic carbocycles. The molecule has 7 rings (SSSR count). The van der Waals surface area contributed by atoms with Crippen molar-refractivity contribution in [2.24, 2.45) is 0 Å². The number of methoxy groups -OCH3 is 1. The molecule has 13 heteroatoms. The Morgan fingerprint density at radius 2 is 1.76 bits per heavy atom. The number of likely N-dealkylation sites (tertiary alicyclic amines) is 2. The summed E-state index contributed by atoms with van der Waals surface area (Å²) in [4.78, 5) is 22.2. The Morgan fingerprint density at radius 3 is 2.50 bits per heavy atom. The molecule has 5 heterocycles. The third-order valence-electron chi connectivity index (χ3n) is 9.77. The van der Waals surface area contributed by atoms with Crippen molar-refractivity contribution >= 4 is 46.7 Å². The molecule has 0 spiro atoms. The van der Waals surface area contributed by atoms with E-state index in [1.54, 1.807) is 48.7 Å². The van der Waals surface area contributed by atoms with Crippen LogP contribution < -0.4 is 10.1 Å². The molecule has 10 nitrogen and oxygen atoms in total. The topological polar surface area (TPSA) is 116 Å². The second-order valence-electron chi connectivity index (χ2n) is 13.2. The van der Waals surface area contributed by atoms with Crippen LogP contribution in [0.15, 0.2) is 54.7 Å². The molecular weight excluding hydrogens is 682 g/mol. The van der Waals surface area contributed by atoms with E-state index in [0.29, 0.717) is 53.5 Å². The summed E-state index contributed by atoms with van der Waals surface area (Å²) < 4.78 is 23.1. The molecule has 50 heavy (non-hydrogen) atoms. The van der Waals surface area contributed by atoms with E-state index in [4.69, 9.17) is 27.9 Å². The van der Waals surface area contributed by atoms with Gasteiger partial charge in [-0.05, 0) is 49.5 Å².